The summed E-state index contributed by atoms with van der Waals surface area (Å²) in [5.74, 6) is 1.06. The zero-order chi connectivity index (χ0) is 22.0. The van der Waals surface area contributed by atoms with Gasteiger partial charge in [-0.2, -0.15) is 18.3 Å². The molecular weight excluding hydrogens is 407 g/mol. The summed E-state index contributed by atoms with van der Waals surface area (Å²) < 4.78 is 45.5. The van der Waals surface area contributed by atoms with Crippen LogP contribution in [0.5, 0.6) is 5.75 Å². The van der Waals surface area contributed by atoms with E-state index in [4.69, 9.17) is 4.74 Å². The highest BCUT2D eigenvalue weighted by Crippen LogP contribution is 2.34. The molecular formula is C22H18F3N5O. The summed E-state index contributed by atoms with van der Waals surface area (Å²) >= 11 is 0. The van der Waals surface area contributed by atoms with Crippen LogP contribution in [-0.4, -0.2) is 26.9 Å². The summed E-state index contributed by atoms with van der Waals surface area (Å²) in [6.07, 6.45) is -1.15. The minimum atomic E-state index is -4.39. The zero-order valence-electron chi connectivity index (χ0n) is 16.7. The summed E-state index contributed by atoms with van der Waals surface area (Å²) in [5, 5.41) is 7.40. The van der Waals surface area contributed by atoms with Crippen molar-refractivity contribution in [1.82, 2.24) is 19.7 Å². The Bertz CT molecular complexity index is 1200. The number of methoxy groups -OCH3 is 1. The van der Waals surface area contributed by atoms with Gasteiger partial charge < -0.3 is 10.1 Å². The van der Waals surface area contributed by atoms with E-state index in [1.807, 2.05) is 24.3 Å². The molecule has 2 aromatic carbocycles. The molecule has 0 saturated carbocycles. The predicted octanol–water partition coefficient (Wildman–Crippen LogP) is 5.32. The summed E-state index contributed by atoms with van der Waals surface area (Å²) in [7, 11) is 3.31. The third kappa shape index (κ3) is 4.35. The van der Waals surface area contributed by atoms with Crippen molar-refractivity contribution in [2.75, 3.05) is 12.4 Å². The van der Waals surface area contributed by atoms with E-state index in [1.165, 1.54) is 12.1 Å². The number of hydrogen-bond acceptors (Lipinski definition) is 5. The molecule has 0 saturated heterocycles. The van der Waals surface area contributed by atoms with Crippen molar-refractivity contribution in [2.24, 2.45) is 7.05 Å². The van der Waals surface area contributed by atoms with Crippen LogP contribution < -0.4 is 10.1 Å². The van der Waals surface area contributed by atoms with Crippen LogP contribution in [0.25, 0.3) is 22.5 Å². The molecule has 6 nitrogen and oxygen atoms in total. The quantitative estimate of drug-likeness (QED) is 0.469. The maximum absolute atomic E-state index is 12.9. The SMILES string of the molecule is COc1cccc(Nc2nccc(-c3cnn(C)c3-c3ccc(C(F)(F)F)cc3)n2)c1. The fourth-order valence-corrected chi connectivity index (χ4v) is 3.18. The normalized spacial score (nSPS) is 11.4. The maximum Gasteiger partial charge on any atom is 0.416 e. The molecule has 0 radical (unpaired) electrons. The van der Waals surface area contributed by atoms with Crippen LogP contribution in [0, 0.1) is 0 Å². The smallest absolute Gasteiger partial charge is 0.416 e. The van der Waals surface area contributed by atoms with Gasteiger partial charge in [0.2, 0.25) is 5.95 Å². The molecule has 0 unspecified atom stereocenters. The Morgan fingerprint density at radius 2 is 1.81 bits per heavy atom. The van der Waals surface area contributed by atoms with Gasteiger partial charge in [-0.15, -0.1) is 0 Å². The molecule has 0 aliphatic rings. The first kappa shape index (κ1) is 20.4. The molecule has 2 heterocycles. The summed E-state index contributed by atoms with van der Waals surface area (Å²) in [5.41, 5.74) is 2.57. The Labute approximate surface area is 176 Å². The number of benzene rings is 2. The summed E-state index contributed by atoms with van der Waals surface area (Å²) in [6.45, 7) is 0. The fraction of sp³-hybridized carbons (Fsp3) is 0.136. The van der Waals surface area contributed by atoms with Crippen molar-refractivity contribution in [3.8, 4) is 28.3 Å². The van der Waals surface area contributed by atoms with E-state index in [9.17, 15) is 13.2 Å². The molecule has 0 aliphatic carbocycles. The van der Waals surface area contributed by atoms with Gasteiger partial charge in [0.25, 0.3) is 0 Å². The highest BCUT2D eigenvalue weighted by atomic mass is 19.4. The van der Waals surface area contributed by atoms with Gasteiger partial charge in [0.15, 0.2) is 0 Å². The number of alkyl halides is 3. The molecule has 9 heteroatoms. The first-order valence-electron chi connectivity index (χ1n) is 9.29. The number of nitrogens with zero attached hydrogens (tertiary/aromatic N) is 4. The second-order valence-electron chi connectivity index (χ2n) is 6.73. The largest absolute Gasteiger partial charge is 0.497 e. The van der Waals surface area contributed by atoms with Gasteiger partial charge in [0.05, 0.1) is 30.3 Å². The molecule has 0 bridgehead atoms. The zero-order valence-corrected chi connectivity index (χ0v) is 16.7. The molecule has 2 aromatic heterocycles. The van der Waals surface area contributed by atoms with Crippen LogP contribution in [0.1, 0.15) is 5.56 Å². The second-order valence-corrected chi connectivity index (χ2v) is 6.73. The lowest BCUT2D eigenvalue weighted by Gasteiger charge is -2.11. The summed E-state index contributed by atoms with van der Waals surface area (Å²) in [4.78, 5) is 8.80. The van der Waals surface area contributed by atoms with Crippen molar-refractivity contribution < 1.29 is 17.9 Å². The lowest BCUT2D eigenvalue weighted by Crippen LogP contribution is -2.04. The highest BCUT2D eigenvalue weighted by Gasteiger charge is 2.30. The average Bonchev–Trinajstić information content (AvgIpc) is 3.15. The Morgan fingerprint density at radius 3 is 2.52 bits per heavy atom. The van der Waals surface area contributed by atoms with Gasteiger partial charge in [-0.25, -0.2) is 9.97 Å². The number of aryl methyl sites for hydroxylation is 1. The minimum absolute atomic E-state index is 0.368. The van der Waals surface area contributed by atoms with Gasteiger partial charge in [0.1, 0.15) is 5.75 Å². The molecule has 4 aromatic rings. The number of ether oxygens (including phenoxy) is 1. The van der Waals surface area contributed by atoms with Crippen LogP contribution in [-0.2, 0) is 13.2 Å². The first-order chi connectivity index (χ1) is 14.8. The lowest BCUT2D eigenvalue weighted by atomic mass is 10.0. The van der Waals surface area contributed by atoms with Gasteiger partial charge in [-0.05, 0) is 30.3 Å². The topological polar surface area (TPSA) is 64.9 Å². The van der Waals surface area contributed by atoms with Crippen molar-refractivity contribution in [2.45, 2.75) is 6.18 Å². The number of halogens is 3. The molecule has 0 fully saturated rings. The Kier molecular flexibility index (Phi) is 5.33. The third-order valence-corrected chi connectivity index (χ3v) is 4.68. The predicted molar refractivity (Wildman–Crippen MR) is 111 cm³/mol. The molecule has 0 aliphatic heterocycles. The average molecular weight is 425 g/mol. The van der Waals surface area contributed by atoms with Crippen LogP contribution in [0.15, 0.2) is 67.0 Å². The van der Waals surface area contributed by atoms with Gasteiger partial charge in [-0.1, -0.05) is 18.2 Å². The van der Waals surface area contributed by atoms with E-state index in [0.29, 0.717) is 34.2 Å². The second kappa shape index (κ2) is 8.10. The molecule has 0 atom stereocenters. The van der Waals surface area contributed by atoms with Crippen LogP contribution >= 0.6 is 0 Å². The number of rotatable bonds is 5. The van der Waals surface area contributed by atoms with Crippen LogP contribution in [0.3, 0.4) is 0 Å². The van der Waals surface area contributed by atoms with Crippen molar-refractivity contribution in [1.29, 1.82) is 0 Å². The van der Waals surface area contributed by atoms with Crippen LogP contribution in [0.4, 0.5) is 24.8 Å². The molecule has 0 amide bonds. The molecule has 31 heavy (non-hydrogen) atoms. The minimum Gasteiger partial charge on any atom is -0.497 e. The Balaban J connectivity index is 1.67. The molecule has 0 spiro atoms. The standard InChI is InChI=1S/C22H18F3N5O/c1-30-20(14-6-8-15(9-7-14)22(23,24)25)18(13-27-30)19-10-11-26-21(29-19)28-16-4-3-5-17(12-16)31-2/h3-13H,1-2H3,(H,26,28,29). The van der Waals surface area contributed by atoms with Crippen molar-refractivity contribution >= 4 is 11.6 Å². The van der Waals surface area contributed by atoms with E-state index in [1.54, 1.807) is 37.3 Å². The van der Waals surface area contributed by atoms with E-state index in [2.05, 4.69) is 20.4 Å². The Hall–Kier alpha value is -3.88. The highest BCUT2D eigenvalue weighted by molar-refractivity contribution is 5.79. The Morgan fingerprint density at radius 1 is 1.03 bits per heavy atom. The van der Waals surface area contributed by atoms with Gasteiger partial charge in [0, 0.05) is 36.1 Å². The monoisotopic (exact) mass is 425 g/mol. The maximum atomic E-state index is 12.9. The van der Waals surface area contributed by atoms with E-state index in [-0.39, 0.29) is 0 Å². The summed E-state index contributed by atoms with van der Waals surface area (Å²) in [6, 6.07) is 14.0. The molecule has 1 N–H and O–H groups in total. The third-order valence-electron chi connectivity index (χ3n) is 4.68. The van der Waals surface area contributed by atoms with E-state index < -0.39 is 11.7 Å². The van der Waals surface area contributed by atoms with E-state index >= 15 is 0 Å². The number of nitrogens with one attached hydrogen (secondary N) is 1. The number of aromatic nitrogens is 4. The molecule has 158 valence electrons. The van der Waals surface area contributed by atoms with Crippen LogP contribution in [0.2, 0.25) is 0 Å². The first-order valence-corrected chi connectivity index (χ1v) is 9.29. The van der Waals surface area contributed by atoms with E-state index in [0.717, 1.165) is 17.8 Å². The number of anilines is 2. The van der Waals surface area contributed by atoms with Gasteiger partial charge in [-0.3, -0.25) is 4.68 Å². The van der Waals surface area contributed by atoms with Crippen molar-refractivity contribution in [3.63, 3.8) is 0 Å². The number of hydrogen-bond donors (Lipinski definition) is 1. The van der Waals surface area contributed by atoms with Crippen molar-refractivity contribution in [3.05, 3.63) is 72.6 Å². The lowest BCUT2D eigenvalue weighted by molar-refractivity contribution is -0.137. The van der Waals surface area contributed by atoms with Gasteiger partial charge >= 0.3 is 6.18 Å². The molecule has 4 rings (SSSR count). The fourth-order valence-electron chi connectivity index (χ4n) is 3.18.